The molecule has 0 aliphatic carbocycles. The zero-order valence-electron chi connectivity index (χ0n) is 7.92. The summed E-state index contributed by atoms with van der Waals surface area (Å²) in [7, 11) is 0. The lowest BCUT2D eigenvalue weighted by Crippen LogP contribution is -2.40. The molecular formula is C8H18N2O3. The Kier molecular flexibility index (Phi) is 7.33. The number of rotatable bonds is 6. The van der Waals surface area contributed by atoms with E-state index in [4.69, 9.17) is 10.2 Å². The third-order valence-electron chi connectivity index (χ3n) is 1.52. The van der Waals surface area contributed by atoms with Crippen LogP contribution in [0.2, 0.25) is 0 Å². The Morgan fingerprint density at radius 2 is 2.15 bits per heavy atom. The van der Waals surface area contributed by atoms with Crippen LogP contribution in [-0.4, -0.2) is 42.0 Å². The fourth-order valence-corrected chi connectivity index (χ4v) is 0.716. The molecule has 0 aromatic rings. The molecule has 2 amide bonds. The zero-order chi connectivity index (χ0) is 10.1. The molecule has 78 valence electrons. The first-order chi connectivity index (χ1) is 6.20. The van der Waals surface area contributed by atoms with Crippen molar-refractivity contribution in [3.63, 3.8) is 0 Å². The smallest absolute Gasteiger partial charge is 0.314 e. The van der Waals surface area contributed by atoms with Gasteiger partial charge in [-0.25, -0.2) is 4.79 Å². The molecular weight excluding hydrogens is 172 g/mol. The van der Waals surface area contributed by atoms with Gasteiger partial charge in [0.2, 0.25) is 0 Å². The maximum Gasteiger partial charge on any atom is 0.314 e. The molecule has 13 heavy (non-hydrogen) atoms. The lowest BCUT2D eigenvalue weighted by Gasteiger charge is -2.09. The fraction of sp³-hybridized carbons (Fsp3) is 0.875. The van der Waals surface area contributed by atoms with Crippen molar-refractivity contribution < 1.29 is 15.0 Å². The van der Waals surface area contributed by atoms with Gasteiger partial charge in [-0.05, 0) is 6.42 Å². The Morgan fingerprint density at radius 3 is 2.69 bits per heavy atom. The molecule has 4 N–H and O–H groups in total. The van der Waals surface area contributed by atoms with Crippen molar-refractivity contribution in [3.8, 4) is 0 Å². The van der Waals surface area contributed by atoms with Crippen molar-refractivity contribution >= 4 is 6.03 Å². The van der Waals surface area contributed by atoms with E-state index in [0.717, 1.165) is 12.8 Å². The van der Waals surface area contributed by atoms with Crippen LogP contribution in [0.3, 0.4) is 0 Å². The minimum Gasteiger partial charge on any atom is -0.394 e. The second-order valence-electron chi connectivity index (χ2n) is 2.83. The van der Waals surface area contributed by atoms with Gasteiger partial charge in [0.05, 0.1) is 12.7 Å². The molecule has 0 aliphatic heterocycles. The van der Waals surface area contributed by atoms with Gasteiger partial charge in [0.15, 0.2) is 0 Å². The largest absolute Gasteiger partial charge is 0.394 e. The summed E-state index contributed by atoms with van der Waals surface area (Å²) in [4.78, 5) is 10.9. The van der Waals surface area contributed by atoms with Crippen LogP contribution in [0.25, 0.3) is 0 Å². The second kappa shape index (κ2) is 7.82. The molecule has 1 unspecified atom stereocenters. The highest BCUT2D eigenvalue weighted by Crippen LogP contribution is 1.82. The average molecular weight is 190 g/mol. The Hall–Kier alpha value is -0.810. The first-order valence-electron chi connectivity index (χ1n) is 4.51. The molecule has 0 fully saturated rings. The molecule has 0 rings (SSSR count). The topological polar surface area (TPSA) is 81.6 Å². The van der Waals surface area contributed by atoms with E-state index in [1.54, 1.807) is 0 Å². The Morgan fingerprint density at radius 1 is 1.46 bits per heavy atom. The predicted octanol–water partition coefficient (Wildman–Crippen LogP) is -0.561. The molecule has 0 bridgehead atoms. The van der Waals surface area contributed by atoms with E-state index in [0.29, 0.717) is 6.54 Å². The van der Waals surface area contributed by atoms with Crippen LogP contribution in [0.1, 0.15) is 19.8 Å². The Balaban J connectivity index is 3.30. The summed E-state index contributed by atoms with van der Waals surface area (Å²) in [6.45, 7) is 2.41. The SMILES string of the molecule is CCCCNC(=O)NCC(O)CO. The summed E-state index contributed by atoms with van der Waals surface area (Å²) in [5.41, 5.74) is 0. The number of unbranched alkanes of at least 4 members (excludes halogenated alkanes) is 1. The highest BCUT2D eigenvalue weighted by atomic mass is 16.3. The predicted molar refractivity (Wildman–Crippen MR) is 49.4 cm³/mol. The molecule has 1 atom stereocenters. The lowest BCUT2D eigenvalue weighted by molar-refractivity contribution is 0.0959. The number of aliphatic hydroxyl groups excluding tert-OH is 2. The third kappa shape index (κ3) is 7.55. The molecule has 0 saturated carbocycles. The number of amides is 2. The van der Waals surface area contributed by atoms with Crippen molar-refractivity contribution in [2.75, 3.05) is 19.7 Å². The van der Waals surface area contributed by atoms with Crippen LogP contribution in [0.5, 0.6) is 0 Å². The first-order valence-corrected chi connectivity index (χ1v) is 4.51. The summed E-state index contributed by atoms with van der Waals surface area (Å²) < 4.78 is 0. The molecule has 0 radical (unpaired) electrons. The van der Waals surface area contributed by atoms with Crippen LogP contribution < -0.4 is 10.6 Å². The quantitative estimate of drug-likeness (QED) is 0.424. The number of hydrogen-bond acceptors (Lipinski definition) is 3. The number of nitrogens with one attached hydrogen (secondary N) is 2. The average Bonchev–Trinajstić information content (AvgIpc) is 2.14. The number of carbonyl (C=O) groups is 1. The summed E-state index contributed by atoms with van der Waals surface area (Å²) in [5, 5.41) is 22.4. The van der Waals surface area contributed by atoms with Gasteiger partial charge in [0.25, 0.3) is 0 Å². The molecule has 0 aliphatic rings. The van der Waals surface area contributed by atoms with Crippen molar-refractivity contribution in [1.82, 2.24) is 10.6 Å². The number of aliphatic hydroxyl groups is 2. The monoisotopic (exact) mass is 190 g/mol. The minimum absolute atomic E-state index is 0.0778. The van der Waals surface area contributed by atoms with Crippen molar-refractivity contribution in [2.45, 2.75) is 25.9 Å². The number of hydrogen-bond donors (Lipinski definition) is 4. The van der Waals surface area contributed by atoms with Crippen LogP contribution in [0.15, 0.2) is 0 Å². The van der Waals surface area contributed by atoms with E-state index in [1.165, 1.54) is 0 Å². The molecule has 5 nitrogen and oxygen atoms in total. The van der Waals surface area contributed by atoms with Gasteiger partial charge in [-0.1, -0.05) is 13.3 Å². The molecule has 0 heterocycles. The standard InChI is InChI=1S/C8H18N2O3/c1-2-3-4-9-8(13)10-5-7(12)6-11/h7,11-12H,2-6H2,1H3,(H2,9,10,13). The van der Waals surface area contributed by atoms with Gasteiger partial charge in [0, 0.05) is 13.1 Å². The fourth-order valence-electron chi connectivity index (χ4n) is 0.716. The van der Waals surface area contributed by atoms with Gasteiger partial charge >= 0.3 is 6.03 Å². The first kappa shape index (κ1) is 12.2. The van der Waals surface area contributed by atoms with E-state index in [2.05, 4.69) is 10.6 Å². The Bertz CT molecular complexity index is 141. The van der Waals surface area contributed by atoms with Crippen LogP contribution in [0, 0.1) is 0 Å². The summed E-state index contributed by atoms with van der Waals surface area (Å²) in [6, 6.07) is -0.305. The maximum absolute atomic E-state index is 10.9. The number of urea groups is 1. The van der Waals surface area contributed by atoms with Crippen molar-refractivity contribution in [3.05, 3.63) is 0 Å². The van der Waals surface area contributed by atoms with E-state index >= 15 is 0 Å². The van der Waals surface area contributed by atoms with Gasteiger partial charge in [-0.15, -0.1) is 0 Å². The highest BCUT2D eigenvalue weighted by molar-refractivity contribution is 5.73. The van der Waals surface area contributed by atoms with Gasteiger partial charge < -0.3 is 20.8 Å². The highest BCUT2D eigenvalue weighted by Gasteiger charge is 2.03. The Labute approximate surface area is 78.1 Å². The van der Waals surface area contributed by atoms with Gasteiger partial charge in [0.1, 0.15) is 0 Å². The summed E-state index contributed by atoms with van der Waals surface area (Å²) >= 11 is 0. The van der Waals surface area contributed by atoms with Gasteiger partial charge in [-0.3, -0.25) is 0 Å². The van der Waals surface area contributed by atoms with Crippen LogP contribution >= 0.6 is 0 Å². The normalized spacial score (nSPS) is 12.2. The second-order valence-corrected chi connectivity index (χ2v) is 2.83. The third-order valence-corrected chi connectivity index (χ3v) is 1.52. The summed E-state index contributed by atoms with van der Waals surface area (Å²) in [6.07, 6.45) is 1.09. The van der Waals surface area contributed by atoms with E-state index in [1.807, 2.05) is 6.92 Å². The van der Waals surface area contributed by atoms with Gasteiger partial charge in [-0.2, -0.15) is 0 Å². The van der Waals surface area contributed by atoms with E-state index in [-0.39, 0.29) is 19.2 Å². The minimum atomic E-state index is -0.878. The van der Waals surface area contributed by atoms with Crippen molar-refractivity contribution in [2.24, 2.45) is 0 Å². The maximum atomic E-state index is 10.9. The van der Waals surface area contributed by atoms with Crippen molar-refractivity contribution in [1.29, 1.82) is 0 Å². The summed E-state index contributed by atoms with van der Waals surface area (Å²) in [5.74, 6) is 0. The van der Waals surface area contributed by atoms with E-state index in [9.17, 15) is 4.79 Å². The number of carbonyl (C=O) groups excluding carboxylic acids is 1. The molecule has 0 aromatic heterocycles. The lowest BCUT2D eigenvalue weighted by atomic mass is 10.3. The molecule has 0 aromatic carbocycles. The molecule has 0 spiro atoms. The van der Waals surface area contributed by atoms with Crippen LogP contribution in [-0.2, 0) is 0 Å². The van der Waals surface area contributed by atoms with E-state index < -0.39 is 6.10 Å². The zero-order valence-corrected chi connectivity index (χ0v) is 7.92. The van der Waals surface area contributed by atoms with Crippen LogP contribution in [0.4, 0.5) is 4.79 Å². The molecule has 0 saturated heterocycles. The molecule has 5 heteroatoms.